The Labute approximate surface area is 233 Å². The van der Waals surface area contributed by atoms with Gasteiger partial charge in [0.05, 0.1) is 23.0 Å². The molecule has 3 heterocycles. The number of carbonyl (C=O) groups excluding carboxylic acids is 3. The van der Waals surface area contributed by atoms with Crippen LogP contribution in [-0.2, 0) is 11.2 Å². The van der Waals surface area contributed by atoms with E-state index in [1.165, 1.54) is 41.8 Å². The second-order valence-electron chi connectivity index (χ2n) is 11.1. The van der Waals surface area contributed by atoms with Crippen LogP contribution in [0.2, 0.25) is 0 Å². The van der Waals surface area contributed by atoms with Crippen LogP contribution < -0.4 is 5.32 Å². The van der Waals surface area contributed by atoms with E-state index >= 15 is 0 Å². The molecular weight excluding hydrogens is 515 g/mol. The van der Waals surface area contributed by atoms with Gasteiger partial charge in [-0.2, -0.15) is 0 Å². The highest BCUT2D eigenvalue weighted by atomic mass is 32.2. The molecule has 1 aliphatic heterocycles. The maximum absolute atomic E-state index is 14.2. The van der Waals surface area contributed by atoms with Crippen LogP contribution in [0.1, 0.15) is 97.0 Å². The van der Waals surface area contributed by atoms with Crippen LogP contribution in [0, 0.1) is 17.7 Å². The summed E-state index contributed by atoms with van der Waals surface area (Å²) in [5.74, 6) is -1.21. The van der Waals surface area contributed by atoms with Crippen molar-refractivity contribution in [3.05, 3.63) is 53.2 Å². The molecule has 7 nitrogen and oxygen atoms in total. The first-order valence-corrected chi connectivity index (χ1v) is 15.5. The summed E-state index contributed by atoms with van der Waals surface area (Å²) in [4.78, 5) is 51.0. The highest BCUT2D eigenvalue weighted by Crippen LogP contribution is 2.37. The zero-order valence-corrected chi connectivity index (χ0v) is 23.4. The Morgan fingerprint density at radius 2 is 1.77 bits per heavy atom. The zero-order valence-electron chi connectivity index (χ0n) is 22.5. The Hall–Kier alpha value is -2.81. The first-order chi connectivity index (χ1) is 19.0. The molecule has 1 unspecified atom stereocenters. The van der Waals surface area contributed by atoms with Gasteiger partial charge in [0.25, 0.3) is 11.8 Å². The summed E-state index contributed by atoms with van der Waals surface area (Å²) >= 11 is 1.43. The van der Waals surface area contributed by atoms with Crippen LogP contribution in [-0.4, -0.2) is 50.9 Å². The number of imide groups is 1. The van der Waals surface area contributed by atoms with Gasteiger partial charge in [-0.15, -0.1) is 11.8 Å². The molecular formula is C30H37FN4O3S. The molecule has 0 bridgehead atoms. The summed E-state index contributed by atoms with van der Waals surface area (Å²) in [5, 5.41) is 3.81. The van der Waals surface area contributed by atoms with Gasteiger partial charge in [0.2, 0.25) is 5.91 Å². The zero-order chi connectivity index (χ0) is 27.4. The molecule has 2 aromatic rings. The SMILES string of the molecule is CSc1ncccc1C(=O)NC1CCC(N2C(=O)c3cc(F)cnc3CCC(C3CCCCCC3)C2=O)CC1. The molecule has 9 heteroatoms. The van der Waals surface area contributed by atoms with Gasteiger partial charge in [0.15, 0.2) is 0 Å². The molecule has 1 N–H and O–H groups in total. The number of hydrogen-bond donors (Lipinski definition) is 1. The molecule has 2 aliphatic carbocycles. The number of hydrogen-bond acceptors (Lipinski definition) is 6. The highest BCUT2D eigenvalue weighted by molar-refractivity contribution is 7.98. The summed E-state index contributed by atoms with van der Waals surface area (Å²) in [6.45, 7) is 0. The predicted octanol–water partition coefficient (Wildman–Crippen LogP) is 5.58. The molecule has 0 saturated heterocycles. The summed E-state index contributed by atoms with van der Waals surface area (Å²) in [6.07, 6.45) is 15.0. The number of aromatic nitrogens is 2. The van der Waals surface area contributed by atoms with Gasteiger partial charge >= 0.3 is 0 Å². The number of halogens is 1. The van der Waals surface area contributed by atoms with E-state index in [2.05, 4.69) is 15.3 Å². The van der Waals surface area contributed by atoms with E-state index in [9.17, 15) is 18.8 Å². The van der Waals surface area contributed by atoms with Crippen LogP contribution in [0.15, 0.2) is 35.6 Å². The Bertz CT molecular complexity index is 1210. The smallest absolute Gasteiger partial charge is 0.262 e. The highest BCUT2D eigenvalue weighted by Gasteiger charge is 2.42. The van der Waals surface area contributed by atoms with Crippen molar-refractivity contribution in [2.75, 3.05) is 6.26 Å². The fraction of sp³-hybridized carbons (Fsp3) is 0.567. The van der Waals surface area contributed by atoms with Crippen molar-refractivity contribution in [3.63, 3.8) is 0 Å². The van der Waals surface area contributed by atoms with Gasteiger partial charge < -0.3 is 5.32 Å². The largest absolute Gasteiger partial charge is 0.349 e. The molecule has 208 valence electrons. The Kier molecular flexibility index (Phi) is 8.95. The van der Waals surface area contributed by atoms with Gasteiger partial charge in [-0.05, 0) is 81.7 Å². The lowest BCUT2D eigenvalue weighted by molar-refractivity contribution is -0.138. The van der Waals surface area contributed by atoms with E-state index in [1.54, 1.807) is 18.3 Å². The van der Waals surface area contributed by atoms with E-state index in [-0.39, 0.29) is 41.3 Å². The summed E-state index contributed by atoms with van der Waals surface area (Å²) in [6, 6.07) is 4.44. The summed E-state index contributed by atoms with van der Waals surface area (Å²) in [7, 11) is 0. The lowest BCUT2D eigenvalue weighted by Crippen LogP contribution is -2.52. The minimum Gasteiger partial charge on any atom is -0.349 e. The average molecular weight is 553 g/mol. The summed E-state index contributed by atoms with van der Waals surface area (Å²) < 4.78 is 14.2. The lowest BCUT2D eigenvalue weighted by Gasteiger charge is -2.40. The predicted molar refractivity (Wildman–Crippen MR) is 148 cm³/mol. The summed E-state index contributed by atoms with van der Waals surface area (Å²) in [5.41, 5.74) is 1.34. The van der Waals surface area contributed by atoms with E-state index in [0.29, 0.717) is 54.8 Å². The fourth-order valence-corrected chi connectivity index (χ4v) is 7.19. The van der Waals surface area contributed by atoms with Crippen molar-refractivity contribution in [2.45, 2.75) is 94.2 Å². The fourth-order valence-electron chi connectivity index (χ4n) is 6.64. The first kappa shape index (κ1) is 27.7. The number of pyridine rings is 2. The molecule has 1 atom stereocenters. The van der Waals surface area contributed by atoms with Crippen molar-refractivity contribution in [2.24, 2.45) is 11.8 Å². The van der Waals surface area contributed by atoms with Crippen LogP contribution in [0.4, 0.5) is 4.39 Å². The standard InChI is InChI=1S/C30H37FN4O3S/c1-39-28-24(9-6-16-32-28)27(36)34-21-10-12-22(13-11-21)35-29(37)23(19-7-4-2-3-5-8-19)14-15-26-25(30(35)38)17-20(31)18-33-26/h6,9,16-19,21-23H,2-5,7-8,10-15H2,1H3,(H,34,36). The Balaban J connectivity index is 1.35. The molecule has 0 spiro atoms. The van der Waals surface area contributed by atoms with E-state index < -0.39 is 11.7 Å². The molecule has 3 aliphatic rings. The lowest BCUT2D eigenvalue weighted by atomic mass is 9.79. The number of aryl methyl sites for hydroxylation is 1. The number of fused-ring (bicyclic) bond motifs is 1. The van der Waals surface area contributed by atoms with Gasteiger partial charge in [0, 0.05) is 24.2 Å². The van der Waals surface area contributed by atoms with Gasteiger partial charge in [0.1, 0.15) is 10.8 Å². The minimum atomic E-state index is -0.568. The van der Waals surface area contributed by atoms with Crippen molar-refractivity contribution in [3.8, 4) is 0 Å². The van der Waals surface area contributed by atoms with Gasteiger partial charge in [-0.1, -0.05) is 25.7 Å². The number of rotatable bonds is 5. The quantitative estimate of drug-likeness (QED) is 0.296. The number of thioether (sulfide) groups is 1. The molecule has 2 aromatic heterocycles. The topological polar surface area (TPSA) is 92.3 Å². The number of nitrogens with one attached hydrogen (secondary N) is 1. The maximum atomic E-state index is 14.2. The maximum Gasteiger partial charge on any atom is 0.262 e. The van der Waals surface area contributed by atoms with Crippen LogP contribution in [0.25, 0.3) is 0 Å². The van der Waals surface area contributed by atoms with Crippen LogP contribution in [0.3, 0.4) is 0 Å². The third-order valence-corrected chi connectivity index (χ3v) is 9.42. The van der Waals surface area contributed by atoms with Crippen LogP contribution >= 0.6 is 11.8 Å². The van der Waals surface area contributed by atoms with Crippen molar-refractivity contribution in [1.82, 2.24) is 20.2 Å². The van der Waals surface area contributed by atoms with Crippen LogP contribution in [0.5, 0.6) is 0 Å². The second-order valence-corrected chi connectivity index (χ2v) is 11.9. The Morgan fingerprint density at radius 1 is 1.03 bits per heavy atom. The molecule has 39 heavy (non-hydrogen) atoms. The third-order valence-electron chi connectivity index (χ3n) is 8.71. The number of carbonyl (C=O) groups is 3. The number of amides is 3. The van der Waals surface area contributed by atoms with Gasteiger partial charge in [-0.3, -0.25) is 24.3 Å². The minimum absolute atomic E-state index is 0.0485. The Morgan fingerprint density at radius 3 is 2.49 bits per heavy atom. The third kappa shape index (κ3) is 6.18. The molecule has 2 saturated carbocycles. The molecule has 0 radical (unpaired) electrons. The number of nitrogens with zero attached hydrogens (tertiary/aromatic N) is 3. The van der Waals surface area contributed by atoms with E-state index in [1.807, 2.05) is 6.26 Å². The van der Waals surface area contributed by atoms with Crippen molar-refractivity contribution < 1.29 is 18.8 Å². The van der Waals surface area contributed by atoms with E-state index in [0.717, 1.165) is 25.7 Å². The monoisotopic (exact) mass is 552 g/mol. The first-order valence-electron chi connectivity index (χ1n) is 14.3. The normalized spacial score (nSPS) is 24.9. The van der Waals surface area contributed by atoms with Crippen molar-refractivity contribution in [1.29, 1.82) is 0 Å². The molecule has 3 amide bonds. The molecule has 2 fully saturated rings. The van der Waals surface area contributed by atoms with Gasteiger partial charge in [-0.25, -0.2) is 9.37 Å². The molecule has 5 rings (SSSR count). The second kappa shape index (κ2) is 12.6. The van der Waals surface area contributed by atoms with Crippen molar-refractivity contribution >= 4 is 29.5 Å². The molecule has 0 aromatic carbocycles. The average Bonchev–Trinajstić information content (AvgIpc) is 3.23. The van der Waals surface area contributed by atoms with E-state index in [4.69, 9.17) is 0 Å².